The van der Waals surface area contributed by atoms with Gasteiger partial charge >= 0.3 is 0 Å². The van der Waals surface area contributed by atoms with Crippen LogP contribution in [0, 0.1) is 6.92 Å². The number of fused-ring (bicyclic) bond motifs is 1. The Labute approximate surface area is 139 Å². The van der Waals surface area contributed by atoms with Crippen molar-refractivity contribution < 1.29 is 0 Å². The minimum absolute atomic E-state index is 0.0599. The fourth-order valence-electron chi connectivity index (χ4n) is 3.06. The van der Waals surface area contributed by atoms with E-state index in [1.165, 1.54) is 5.56 Å². The molecule has 4 nitrogen and oxygen atoms in total. The molecule has 3 aromatic heterocycles. The van der Waals surface area contributed by atoms with Gasteiger partial charge in [0.1, 0.15) is 5.01 Å². The lowest BCUT2D eigenvalue weighted by molar-refractivity contribution is 0.555. The first-order chi connectivity index (χ1) is 11.2. The molecule has 3 heterocycles. The Bertz CT molecular complexity index is 841. The second-order valence-corrected chi connectivity index (χ2v) is 6.91. The average Bonchev–Trinajstić information content (AvgIpc) is 2.98. The number of hydrogen-bond donors (Lipinski definition) is 1. The SMILES string of the molecule is Cc1nc(-c2cccnc2)sc1-c1ccc2c(n1)C(N)CCC2. The summed E-state index contributed by atoms with van der Waals surface area (Å²) in [4.78, 5) is 14.8. The van der Waals surface area contributed by atoms with Crippen molar-refractivity contribution in [3.63, 3.8) is 0 Å². The van der Waals surface area contributed by atoms with Crippen molar-refractivity contribution in [3.8, 4) is 21.1 Å². The third-order valence-electron chi connectivity index (χ3n) is 4.26. The largest absolute Gasteiger partial charge is 0.323 e. The first-order valence-electron chi connectivity index (χ1n) is 7.86. The highest BCUT2D eigenvalue weighted by molar-refractivity contribution is 7.18. The summed E-state index contributed by atoms with van der Waals surface area (Å²) >= 11 is 1.66. The Kier molecular flexibility index (Phi) is 3.67. The zero-order chi connectivity index (χ0) is 15.8. The molecule has 0 fully saturated rings. The van der Waals surface area contributed by atoms with Crippen LogP contribution in [-0.2, 0) is 6.42 Å². The highest BCUT2D eigenvalue weighted by Gasteiger charge is 2.20. The smallest absolute Gasteiger partial charge is 0.125 e. The van der Waals surface area contributed by atoms with Crippen molar-refractivity contribution in [1.82, 2.24) is 15.0 Å². The molecule has 0 spiro atoms. The maximum Gasteiger partial charge on any atom is 0.125 e. The quantitative estimate of drug-likeness (QED) is 0.777. The Hall–Kier alpha value is -2.11. The van der Waals surface area contributed by atoms with Crippen LogP contribution in [0.1, 0.15) is 35.8 Å². The molecule has 5 heteroatoms. The summed E-state index contributed by atoms with van der Waals surface area (Å²) in [5.74, 6) is 0. The maximum absolute atomic E-state index is 6.24. The molecule has 2 N–H and O–H groups in total. The molecular formula is C18H18N4S. The monoisotopic (exact) mass is 322 g/mol. The third-order valence-corrected chi connectivity index (χ3v) is 5.49. The van der Waals surface area contributed by atoms with Crippen molar-refractivity contribution in [1.29, 1.82) is 0 Å². The van der Waals surface area contributed by atoms with Crippen LogP contribution in [0.15, 0.2) is 36.7 Å². The maximum atomic E-state index is 6.24. The Morgan fingerprint density at radius 1 is 1.22 bits per heavy atom. The van der Waals surface area contributed by atoms with E-state index in [-0.39, 0.29) is 6.04 Å². The van der Waals surface area contributed by atoms with Crippen molar-refractivity contribution >= 4 is 11.3 Å². The van der Waals surface area contributed by atoms with Crippen molar-refractivity contribution in [3.05, 3.63) is 53.6 Å². The summed E-state index contributed by atoms with van der Waals surface area (Å²) in [6, 6.07) is 8.31. The van der Waals surface area contributed by atoms with Gasteiger partial charge in [-0.15, -0.1) is 11.3 Å². The van der Waals surface area contributed by atoms with Gasteiger partial charge in [-0.1, -0.05) is 6.07 Å². The van der Waals surface area contributed by atoms with Gasteiger partial charge in [0.05, 0.1) is 22.0 Å². The Morgan fingerprint density at radius 3 is 2.96 bits per heavy atom. The van der Waals surface area contributed by atoms with Gasteiger partial charge in [0.15, 0.2) is 0 Å². The van der Waals surface area contributed by atoms with Gasteiger partial charge in [0.25, 0.3) is 0 Å². The molecule has 3 aromatic rings. The zero-order valence-corrected chi connectivity index (χ0v) is 13.8. The minimum atomic E-state index is 0.0599. The van der Waals surface area contributed by atoms with Crippen LogP contribution in [0.2, 0.25) is 0 Å². The summed E-state index contributed by atoms with van der Waals surface area (Å²) in [5.41, 5.74) is 11.6. The van der Waals surface area contributed by atoms with Crippen molar-refractivity contribution in [2.45, 2.75) is 32.2 Å². The summed E-state index contributed by atoms with van der Waals surface area (Å²) < 4.78 is 0. The van der Waals surface area contributed by atoms with E-state index in [0.29, 0.717) is 0 Å². The summed E-state index contributed by atoms with van der Waals surface area (Å²) in [6.07, 6.45) is 6.88. The molecule has 0 aromatic carbocycles. The lowest BCUT2D eigenvalue weighted by Crippen LogP contribution is -2.19. The molecule has 1 aliphatic carbocycles. The zero-order valence-electron chi connectivity index (χ0n) is 13.0. The molecule has 0 aliphatic heterocycles. The van der Waals surface area contributed by atoms with E-state index in [1.807, 2.05) is 25.3 Å². The van der Waals surface area contributed by atoms with Gasteiger partial charge in [-0.25, -0.2) is 9.97 Å². The number of nitrogens with two attached hydrogens (primary N) is 1. The molecule has 1 atom stereocenters. The number of aryl methyl sites for hydroxylation is 2. The molecule has 0 radical (unpaired) electrons. The van der Waals surface area contributed by atoms with E-state index >= 15 is 0 Å². The van der Waals surface area contributed by atoms with E-state index in [0.717, 1.165) is 51.8 Å². The van der Waals surface area contributed by atoms with Gasteiger partial charge in [-0.3, -0.25) is 4.98 Å². The van der Waals surface area contributed by atoms with Gasteiger partial charge in [-0.05, 0) is 49.9 Å². The fourth-order valence-corrected chi connectivity index (χ4v) is 4.08. The van der Waals surface area contributed by atoms with E-state index < -0.39 is 0 Å². The predicted octanol–water partition coefficient (Wildman–Crippen LogP) is 3.91. The molecule has 4 rings (SSSR count). The van der Waals surface area contributed by atoms with Crippen molar-refractivity contribution in [2.75, 3.05) is 0 Å². The van der Waals surface area contributed by atoms with Crippen LogP contribution in [0.4, 0.5) is 0 Å². The van der Waals surface area contributed by atoms with Crippen LogP contribution in [-0.4, -0.2) is 15.0 Å². The minimum Gasteiger partial charge on any atom is -0.323 e. The number of hydrogen-bond acceptors (Lipinski definition) is 5. The number of thiazole rings is 1. The van der Waals surface area contributed by atoms with Crippen LogP contribution in [0.25, 0.3) is 21.1 Å². The lowest BCUT2D eigenvalue weighted by atomic mass is 9.92. The molecule has 1 aliphatic rings. The standard InChI is InChI=1S/C18H18N4S/c1-11-17(23-18(21-11)13-5-3-9-20-10-13)15-8-7-12-4-2-6-14(19)16(12)22-15/h3,5,7-10,14H,2,4,6,19H2,1H3. The molecule has 0 amide bonds. The fraction of sp³-hybridized carbons (Fsp3) is 0.278. The molecular weight excluding hydrogens is 304 g/mol. The topological polar surface area (TPSA) is 64.7 Å². The van der Waals surface area contributed by atoms with E-state index in [4.69, 9.17) is 15.7 Å². The molecule has 116 valence electrons. The van der Waals surface area contributed by atoms with Crippen molar-refractivity contribution in [2.24, 2.45) is 5.73 Å². The van der Waals surface area contributed by atoms with Crippen LogP contribution in [0.5, 0.6) is 0 Å². The van der Waals surface area contributed by atoms with Gasteiger partial charge in [-0.2, -0.15) is 0 Å². The van der Waals surface area contributed by atoms with Crippen LogP contribution in [0.3, 0.4) is 0 Å². The molecule has 0 bridgehead atoms. The molecule has 1 unspecified atom stereocenters. The highest BCUT2D eigenvalue weighted by Crippen LogP contribution is 2.36. The first kappa shape index (κ1) is 14.5. The third kappa shape index (κ3) is 2.66. The highest BCUT2D eigenvalue weighted by atomic mass is 32.1. The number of pyridine rings is 2. The summed E-state index contributed by atoms with van der Waals surface area (Å²) in [5, 5.41) is 0.981. The second-order valence-electron chi connectivity index (χ2n) is 5.91. The van der Waals surface area contributed by atoms with Crippen LogP contribution < -0.4 is 5.73 Å². The van der Waals surface area contributed by atoms with E-state index in [1.54, 1.807) is 17.5 Å². The average molecular weight is 322 g/mol. The lowest BCUT2D eigenvalue weighted by Gasteiger charge is -2.21. The summed E-state index contributed by atoms with van der Waals surface area (Å²) in [6.45, 7) is 2.03. The van der Waals surface area contributed by atoms with E-state index in [9.17, 15) is 0 Å². The van der Waals surface area contributed by atoms with Crippen LogP contribution >= 0.6 is 11.3 Å². The van der Waals surface area contributed by atoms with Gasteiger partial charge < -0.3 is 5.73 Å². The molecule has 23 heavy (non-hydrogen) atoms. The Morgan fingerprint density at radius 2 is 2.13 bits per heavy atom. The first-order valence-corrected chi connectivity index (χ1v) is 8.67. The van der Waals surface area contributed by atoms with E-state index in [2.05, 4.69) is 17.1 Å². The molecule has 0 saturated heterocycles. The second kappa shape index (κ2) is 5.83. The Balaban J connectivity index is 1.77. The van der Waals surface area contributed by atoms with Gasteiger partial charge in [0.2, 0.25) is 0 Å². The normalized spacial score (nSPS) is 17.0. The number of nitrogens with zero attached hydrogens (tertiary/aromatic N) is 3. The summed E-state index contributed by atoms with van der Waals surface area (Å²) in [7, 11) is 0. The molecule has 0 saturated carbocycles. The van der Waals surface area contributed by atoms with Gasteiger partial charge in [0, 0.05) is 24.0 Å². The predicted molar refractivity (Wildman–Crippen MR) is 93.2 cm³/mol. The number of aromatic nitrogens is 3. The number of rotatable bonds is 2.